The molecule has 4 rings (SSSR count). The van der Waals surface area contributed by atoms with Gasteiger partial charge in [0.25, 0.3) is 0 Å². The molecule has 0 saturated carbocycles. The third-order valence-corrected chi connectivity index (χ3v) is 6.56. The topological polar surface area (TPSA) is 54.9 Å². The van der Waals surface area contributed by atoms with E-state index >= 15 is 0 Å². The van der Waals surface area contributed by atoms with Gasteiger partial charge in [-0.25, -0.2) is 14.4 Å². The second kappa shape index (κ2) is 8.08. The fraction of sp³-hybridized carbons (Fsp3) is 0.105. The molecule has 1 N–H and O–H groups in total. The van der Waals surface area contributed by atoms with Crippen LogP contribution in [0.5, 0.6) is 0 Å². The van der Waals surface area contributed by atoms with Gasteiger partial charge in [0.05, 0.1) is 17.0 Å². The summed E-state index contributed by atoms with van der Waals surface area (Å²) < 4.78 is 13.0. The molecule has 4 aromatic rings. The minimum atomic E-state index is -0.250. The van der Waals surface area contributed by atoms with Crippen LogP contribution >= 0.6 is 34.0 Å². The zero-order valence-corrected chi connectivity index (χ0v) is 16.5. The number of amides is 1. The maximum Gasteiger partial charge on any atom is 0.232 e. The largest absolute Gasteiger partial charge is 0.302 e. The third-order valence-electron chi connectivity index (χ3n) is 3.72. The molecule has 0 atom stereocenters. The highest BCUT2D eigenvalue weighted by atomic mass is 32.1. The van der Waals surface area contributed by atoms with Gasteiger partial charge in [-0.05, 0) is 29.1 Å². The van der Waals surface area contributed by atoms with Crippen molar-refractivity contribution in [2.24, 2.45) is 0 Å². The first-order valence-corrected chi connectivity index (χ1v) is 10.7. The van der Waals surface area contributed by atoms with Crippen molar-refractivity contribution >= 4 is 45.0 Å². The number of anilines is 1. The van der Waals surface area contributed by atoms with Crippen LogP contribution in [0.4, 0.5) is 9.52 Å². The predicted octanol–water partition coefficient (Wildman–Crippen LogP) is 5.24. The van der Waals surface area contributed by atoms with Crippen molar-refractivity contribution in [3.63, 3.8) is 0 Å². The predicted molar refractivity (Wildman–Crippen MR) is 109 cm³/mol. The minimum Gasteiger partial charge on any atom is -0.302 e. The maximum atomic E-state index is 13.0. The highest BCUT2D eigenvalue weighted by Gasteiger charge is 2.12. The zero-order chi connectivity index (χ0) is 18.6. The van der Waals surface area contributed by atoms with Gasteiger partial charge in [-0.3, -0.25) is 4.79 Å². The first kappa shape index (κ1) is 18.0. The number of benzene rings is 1. The number of hydrogen-bond donors (Lipinski definition) is 1. The van der Waals surface area contributed by atoms with E-state index in [9.17, 15) is 9.18 Å². The Balaban J connectivity index is 1.34. The van der Waals surface area contributed by atoms with E-state index in [1.165, 1.54) is 23.5 Å². The lowest BCUT2D eigenvalue weighted by atomic mass is 10.1. The van der Waals surface area contributed by atoms with Crippen LogP contribution in [-0.2, 0) is 17.6 Å². The summed E-state index contributed by atoms with van der Waals surface area (Å²) in [5, 5.41) is 8.24. The molecule has 0 radical (unpaired) electrons. The van der Waals surface area contributed by atoms with Gasteiger partial charge >= 0.3 is 0 Å². The minimum absolute atomic E-state index is 0.138. The number of nitrogens with zero attached hydrogens (tertiary/aromatic N) is 2. The summed E-state index contributed by atoms with van der Waals surface area (Å²) in [4.78, 5) is 23.2. The van der Waals surface area contributed by atoms with Gasteiger partial charge in [0.2, 0.25) is 5.91 Å². The smallest absolute Gasteiger partial charge is 0.232 e. The van der Waals surface area contributed by atoms with E-state index in [-0.39, 0.29) is 18.1 Å². The van der Waals surface area contributed by atoms with Crippen molar-refractivity contribution in [2.75, 3.05) is 5.32 Å². The molecule has 0 bridgehead atoms. The van der Waals surface area contributed by atoms with Crippen molar-refractivity contribution < 1.29 is 9.18 Å². The molecule has 0 spiro atoms. The van der Waals surface area contributed by atoms with Gasteiger partial charge in [0.15, 0.2) is 5.13 Å². The van der Waals surface area contributed by atoms with Crippen molar-refractivity contribution in [3.8, 4) is 9.88 Å². The molecule has 8 heteroatoms. The zero-order valence-electron chi connectivity index (χ0n) is 14.0. The highest BCUT2D eigenvalue weighted by molar-refractivity contribution is 7.20. The summed E-state index contributed by atoms with van der Waals surface area (Å²) in [7, 11) is 0. The summed E-state index contributed by atoms with van der Waals surface area (Å²) in [5.74, 6) is -0.388. The molecule has 136 valence electrons. The normalized spacial score (nSPS) is 10.9. The van der Waals surface area contributed by atoms with E-state index in [1.807, 2.05) is 22.9 Å². The van der Waals surface area contributed by atoms with Crippen molar-refractivity contribution in [1.29, 1.82) is 0 Å². The van der Waals surface area contributed by atoms with Crippen LogP contribution in [0.25, 0.3) is 9.88 Å². The fourth-order valence-electron chi connectivity index (χ4n) is 2.48. The number of thiazole rings is 2. The number of thiophene rings is 1. The Labute approximate surface area is 167 Å². The molecular formula is C19H14FN3OS3. The Morgan fingerprint density at radius 3 is 2.78 bits per heavy atom. The Hall–Kier alpha value is -2.42. The molecule has 0 saturated heterocycles. The molecular weight excluding hydrogens is 401 g/mol. The number of hydrogen-bond acceptors (Lipinski definition) is 6. The summed E-state index contributed by atoms with van der Waals surface area (Å²) in [6, 6.07) is 10.4. The molecule has 27 heavy (non-hydrogen) atoms. The Morgan fingerprint density at radius 2 is 2.00 bits per heavy atom. The number of rotatable bonds is 6. The van der Waals surface area contributed by atoms with Crippen molar-refractivity contribution in [1.82, 2.24) is 9.97 Å². The summed E-state index contributed by atoms with van der Waals surface area (Å²) in [6.45, 7) is 0. The molecule has 4 nitrogen and oxygen atoms in total. The Morgan fingerprint density at radius 1 is 1.15 bits per heavy atom. The fourth-order valence-corrected chi connectivity index (χ4v) is 4.98. The van der Waals surface area contributed by atoms with Crippen LogP contribution < -0.4 is 5.32 Å². The standard InChI is InChI=1S/C19H14FN3OS3/c20-13-5-3-12(4-6-13)8-15-10-21-19(27-15)23-17(24)9-14-11-26-18(22-14)16-2-1-7-25-16/h1-7,10-11H,8-9H2,(H,21,23,24). The van der Waals surface area contributed by atoms with Gasteiger partial charge < -0.3 is 5.32 Å². The second-order valence-corrected chi connectivity index (χ2v) is 8.70. The summed E-state index contributed by atoms with van der Waals surface area (Å²) in [5.41, 5.74) is 1.76. The number of aromatic nitrogens is 2. The van der Waals surface area contributed by atoms with Crippen molar-refractivity contribution in [3.05, 3.63) is 75.3 Å². The quantitative estimate of drug-likeness (QED) is 0.469. The lowest BCUT2D eigenvalue weighted by molar-refractivity contribution is -0.115. The van der Waals surface area contributed by atoms with Crippen LogP contribution in [0.3, 0.4) is 0 Å². The average Bonchev–Trinajstić information content (AvgIpc) is 3.39. The van der Waals surface area contributed by atoms with E-state index in [0.29, 0.717) is 11.6 Å². The second-order valence-electron chi connectivity index (χ2n) is 5.78. The molecule has 0 aliphatic carbocycles. The molecule has 1 aromatic carbocycles. The van der Waals surface area contributed by atoms with E-state index in [0.717, 1.165) is 26.0 Å². The maximum absolute atomic E-state index is 13.0. The average molecular weight is 416 g/mol. The van der Waals surface area contributed by atoms with Crippen LogP contribution in [-0.4, -0.2) is 15.9 Å². The summed E-state index contributed by atoms with van der Waals surface area (Å²) in [6.07, 6.45) is 2.61. The first-order valence-electron chi connectivity index (χ1n) is 8.13. The van der Waals surface area contributed by atoms with E-state index < -0.39 is 0 Å². The van der Waals surface area contributed by atoms with Gasteiger partial charge in [-0.2, -0.15) is 0 Å². The Kier molecular flexibility index (Phi) is 5.38. The van der Waals surface area contributed by atoms with Crippen molar-refractivity contribution in [2.45, 2.75) is 12.8 Å². The molecule has 0 unspecified atom stereocenters. The Bertz CT molecular complexity index is 1040. The van der Waals surface area contributed by atoms with E-state index in [2.05, 4.69) is 15.3 Å². The van der Waals surface area contributed by atoms with Crippen LogP contribution in [0.2, 0.25) is 0 Å². The third kappa shape index (κ3) is 4.65. The van der Waals surface area contributed by atoms with Gasteiger partial charge in [0, 0.05) is 22.9 Å². The van der Waals surface area contributed by atoms with Gasteiger partial charge in [-0.1, -0.05) is 18.2 Å². The highest BCUT2D eigenvalue weighted by Crippen LogP contribution is 2.28. The molecule has 0 aliphatic heterocycles. The van der Waals surface area contributed by atoms with Crippen LogP contribution in [0.1, 0.15) is 16.1 Å². The van der Waals surface area contributed by atoms with Gasteiger partial charge in [0.1, 0.15) is 10.8 Å². The molecule has 0 fully saturated rings. The lowest BCUT2D eigenvalue weighted by Gasteiger charge is -1.99. The summed E-state index contributed by atoms with van der Waals surface area (Å²) >= 11 is 4.60. The number of carbonyl (C=O) groups excluding carboxylic acids is 1. The molecule has 0 aliphatic rings. The SMILES string of the molecule is O=C(Cc1csc(-c2cccs2)n1)Nc1ncc(Cc2ccc(F)cc2)s1. The first-order chi connectivity index (χ1) is 13.2. The van der Waals surface area contributed by atoms with Crippen LogP contribution in [0, 0.1) is 5.82 Å². The number of halogens is 1. The molecule has 3 aromatic heterocycles. The van der Waals surface area contributed by atoms with E-state index in [4.69, 9.17) is 0 Å². The van der Waals surface area contributed by atoms with Gasteiger partial charge in [-0.15, -0.1) is 34.0 Å². The molecule has 1 amide bonds. The lowest BCUT2D eigenvalue weighted by Crippen LogP contribution is -2.14. The van der Waals surface area contributed by atoms with E-state index in [1.54, 1.807) is 41.0 Å². The molecule has 3 heterocycles. The number of nitrogens with one attached hydrogen (secondary N) is 1. The number of carbonyl (C=O) groups is 1. The monoisotopic (exact) mass is 415 g/mol. The van der Waals surface area contributed by atoms with Crippen LogP contribution in [0.15, 0.2) is 53.4 Å².